The normalized spacial score (nSPS) is 20.7. The molecule has 1 saturated carbocycles. The maximum absolute atomic E-state index is 11.9. The van der Waals surface area contributed by atoms with Gasteiger partial charge >= 0.3 is 6.03 Å². The smallest absolute Gasteiger partial charge is 0.321 e. The predicted octanol–water partition coefficient (Wildman–Crippen LogP) is 1.62. The molecule has 0 spiro atoms. The van der Waals surface area contributed by atoms with Gasteiger partial charge in [0.15, 0.2) is 0 Å². The molecule has 1 aliphatic carbocycles. The Labute approximate surface area is 143 Å². The summed E-state index contributed by atoms with van der Waals surface area (Å²) in [6.07, 6.45) is 7.77. The number of fused-ring (bicyclic) bond motifs is 1. The third-order valence-electron chi connectivity index (χ3n) is 4.11. The minimum Gasteiger partial charge on any atom is -0.335 e. The highest BCUT2D eigenvalue weighted by Gasteiger charge is 2.23. The fraction of sp³-hybridized carbons (Fsp3) is 0.533. The molecule has 1 aliphatic rings. The zero-order valence-corrected chi connectivity index (χ0v) is 14.3. The molecule has 2 atom stereocenters. The molecular formula is C15H20N6O2S. The molecule has 9 heteroatoms. The quantitative estimate of drug-likeness (QED) is 0.814. The van der Waals surface area contributed by atoms with E-state index in [1.54, 1.807) is 18.5 Å². The molecule has 2 heterocycles. The average Bonchev–Trinajstić information content (AvgIpc) is 2.98. The fourth-order valence-corrected chi connectivity index (χ4v) is 3.43. The number of rotatable bonds is 4. The lowest BCUT2D eigenvalue weighted by Crippen LogP contribution is -2.48. The van der Waals surface area contributed by atoms with Gasteiger partial charge in [0.1, 0.15) is 0 Å². The van der Waals surface area contributed by atoms with Crippen molar-refractivity contribution in [3.63, 3.8) is 0 Å². The van der Waals surface area contributed by atoms with Crippen LogP contribution in [-0.4, -0.2) is 43.3 Å². The second-order valence-electron chi connectivity index (χ2n) is 5.94. The first-order chi connectivity index (χ1) is 11.6. The molecule has 24 heavy (non-hydrogen) atoms. The number of carbonyl (C=O) groups is 2. The molecule has 0 radical (unpaired) electrons. The van der Waals surface area contributed by atoms with E-state index in [4.69, 9.17) is 0 Å². The van der Waals surface area contributed by atoms with Crippen LogP contribution >= 0.6 is 11.8 Å². The van der Waals surface area contributed by atoms with Crippen molar-refractivity contribution in [1.82, 2.24) is 30.2 Å². The monoisotopic (exact) mass is 348 g/mol. The molecule has 0 bridgehead atoms. The zero-order valence-electron chi connectivity index (χ0n) is 13.4. The highest BCUT2D eigenvalue weighted by Crippen LogP contribution is 2.23. The van der Waals surface area contributed by atoms with Crippen molar-refractivity contribution in [3.8, 4) is 0 Å². The molecule has 3 amide bonds. The largest absolute Gasteiger partial charge is 0.335 e. The average molecular weight is 348 g/mol. The number of hydrogen-bond acceptors (Lipinski definition) is 6. The summed E-state index contributed by atoms with van der Waals surface area (Å²) in [5.41, 5.74) is 0. The van der Waals surface area contributed by atoms with E-state index in [1.165, 1.54) is 22.7 Å². The maximum atomic E-state index is 11.9. The summed E-state index contributed by atoms with van der Waals surface area (Å²) in [4.78, 5) is 32.1. The molecule has 2 N–H and O–H groups in total. The lowest BCUT2D eigenvalue weighted by molar-refractivity contribution is -0.117. The predicted molar refractivity (Wildman–Crippen MR) is 89.6 cm³/mol. The minimum absolute atomic E-state index is 0.0739. The van der Waals surface area contributed by atoms with E-state index in [9.17, 15) is 9.59 Å². The standard InChI is InChI=1S/C15H20N6O2S/c1-10-5-2-3-6-11(10)17-14(23)18-12(22)9-24-15-19-13-16-7-4-8-21(13)20-15/h4,7-8,10-11H,2-3,5-6,9H2,1H3,(H2,17,18,22,23)/t10-,11+/m0/s1. The van der Waals surface area contributed by atoms with Crippen molar-refractivity contribution in [2.24, 2.45) is 5.92 Å². The van der Waals surface area contributed by atoms with Gasteiger partial charge in [-0.05, 0) is 24.8 Å². The van der Waals surface area contributed by atoms with Crippen LogP contribution in [0.15, 0.2) is 23.6 Å². The van der Waals surface area contributed by atoms with Gasteiger partial charge < -0.3 is 5.32 Å². The highest BCUT2D eigenvalue weighted by atomic mass is 32.2. The van der Waals surface area contributed by atoms with Crippen molar-refractivity contribution in [3.05, 3.63) is 18.5 Å². The molecule has 0 aliphatic heterocycles. The maximum Gasteiger partial charge on any atom is 0.321 e. The van der Waals surface area contributed by atoms with E-state index in [-0.39, 0.29) is 17.7 Å². The summed E-state index contributed by atoms with van der Waals surface area (Å²) in [6.45, 7) is 2.13. The second kappa shape index (κ2) is 7.61. The summed E-state index contributed by atoms with van der Waals surface area (Å²) in [7, 11) is 0. The third-order valence-corrected chi connectivity index (χ3v) is 4.95. The van der Waals surface area contributed by atoms with E-state index in [0.717, 1.165) is 19.3 Å². The number of urea groups is 1. The molecule has 0 aromatic carbocycles. The summed E-state index contributed by atoms with van der Waals surface area (Å²) >= 11 is 1.17. The van der Waals surface area contributed by atoms with Crippen LogP contribution in [0.25, 0.3) is 5.78 Å². The Morgan fingerprint density at radius 2 is 2.21 bits per heavy atom. The molecule has 128 valence electrons. The molecule has 0 saturated heterocycles. The molecule has 2 aromatic heterocycles. The van der Waals surface area contributed by atoms with Crippen LogP contribution in [-0.2, 0) is 4.79 Å². The van der Waals surface area contributed by atoms with Gasteiger partial charge in [-0.15, -0.1) is 5.10 Å². The van der Waals surface area contributed by atoms with E-state index >= 15 is 0 Å². The number of thioether (sulfide) groups is 1. The van der Waals surface area contributed by atoms with Crippen molar-refractivity contribution >= 4 is 29.5 Å². The van der Waals surface area contributed by atoms with Crippen LogP contribution in [0.5, 0.6) is 0 Å². The molecule has 0 unspecified atom stereocenters. The molecule has 8 nitrogen and oxygen atoms in total. The van der Waals surface area contributed by atoms with Gasteiger partial charge in [-0.2, -0.15) is 4.98 Å². The SMILES string of the molecule is C[C@H]1CCCC[C@H]1NC(=O)NC(=O)CSc1nc2ncccn2n1. The van der Waals surface area contributed by atoms with Crippen LogP contribution in [0, 0.1) is 5.92 Å². The van der Waals surface area contributed by atoms with Gasteiger partial charge in [0.25, 0.3) is 5.78 Å². The first kappa shape index (κ1) is 16.7. The van der Waals surface area contributed by atoms with E-state index in [2.05, 4.69) is 32.6 Å². The second-order valence-corrected chi connectivity index (χ2v) is 6.88. The summed E-state index contributed by atoms with van der Waals surface area (Å²) in [5, 5.41) is 9.90. The molecular weight excluding hydrogens is 328 g/mol. The van der Waals surface area contributed by atoms with Gasteiger partial charge in [-0.1, -0.05) is 31.5 Å². The lowest BCUT2D eigenvalue weighted by atomic mass is 9.86. The Balaban J connectivity index is 1.45. The van der Waals surface area contributed by atoms with Crippen LogP contribution in [0.3, 0.4) is 0 Å². The van der Waals surface area contributed by atoms with E-state index in [0.29, 0.717) is 16.9 Å². The lowest BCUT2D eigenvalue weighted by Gasteiger charge is -2.29. The van der Waals surface area contributed by atoms with Crippen molar-refractivity contribution in [2.75, 3.05) is 5.75 Å². The fourth-order valence-electron chi connectivity index (χ4n) is 2.80. The number of aromatic nitrogens is 4. The van der Waals surface area contributed by atoms with Crippen molar-refractivity contribution in [1.29, 1.82) is 0 Å². The summed E-state index contributed by atoms with van der Waals surface area (Å²) in [6, 6.07) is 1.47. The van der Waals surface area contributed by atoms with Crippen molar-refractivity contribution in [2.45, 2.75) is 43.8 Å². The number of hydrogen-bond donors (Lipinski definition) is 2. The first-order valence-corrected chi connectivity index (χ1v) is 9.01. The van der Waals surface area contributed by atoms with Gasteiger partial charge in [0, 0.05) is 18.4 Å². The Hall–Kier alpha value is -2.16. The number of amides is 3. The van der Waals surface area contributed by atoms with Gasteiger partial charge in [-0.25, -0.2) is 14.3 Å². The van der Waals surface area contributed by atoms with Crippen LogP contribution in [0.1, 0.15) is 32.6 Å². The topological polar surface area (TPSA) is 101 Å². The summed E-state index contributed by atoms with van der Waals surface area (Å²) in [5.74, 6) is 0.630. The van der Waals surface area contributed by atoms with Gasteiger partial charge in [0.05, 0.1) is 5.75 Å². The van der Waals surface area contributed by atoms with E-state index < -0.39 is 6.03 Å². The number of nitrogens with one attached hydrogen (secondary N) is 2. The van der Waals surface area contributed by atoms with Crippen LogP contribution in [0.2, 0.25) is 0 Å². The Morgan fingerprint density at radius 1 is 1.38 bits per heavy atom. The minimum atomic E-state index is -0.427. The Morgan fingerprint density at radius 3 is 3.00 bits per heavy atom. The molecule has 2 aromatic rings. The number of imide groups is 1. The molecule has 1 fully saturated rings. The summed E-state index contributed by atoms with van der Waals surface area (Å²) < 4.78 is 1.54. The van der Waals surface area contributed by atoms with Crippen LogP contribution in [0.4, 0.5) is 4.79 Å². The van der Waals surface area contributed by atoms with E-state index in [1.807, 2.05) is 0 Å². The van der Waals surface area contributed by atoms with Crippen LogP contribution < -0.4 is 10.6 Å². The first-order valence-electron chi connectivity index (χ1n) is 8.02. The van der Waals surface area contributed by atoms with Gasteiger partial charge in [-0.3, -0.25) is 10.1 Å². The number of nitrogens with zero attached hydrogens (tertiary/aromatic N) is 4. The van der Waals surface area contributed by atoms with Gasteiger partial charge in [0.2, 0.25) is 11.1 Å². The van der Waals surface area contributed by atoms with Crippen molar-refractivity contribution < 1.29 is 9.59 Å². The zero-order chi connectivity index (χ0) is 16.9. The number of carbonyl (C=O) groups excluding carboxylic acids is 2. The Bertz CT molecular complexity index is 701. The third kappa shape index (κ3) is 4.22. The highest BCUT2D eigenvalue weighted by molar-refractivity contribution is 7.99. The Kier molecular flexibility index (Phi) is 5.29. The molecule has 3 rings (SSSR count).